The quantitative estimate of drug-likeness (QED) is 0.842. The molecule has 0 aromatic carbocycles. The molecule has 1 aliphatic rings. The molecule has 0 spiro atoms. The van der Waals surface area contributed by atoms with E-state index in [1.54, 1.807) is 18.4 Å². The fraction of sp³-hybridized carbons (Fsp3) is 0.636. The van der Waals surface area contributed by atoms with Crippen LogP contribution in [0.15, 0.2) is 0 Å². The van der Waals surface area contributed by atoms with Gasteiger partial charge in [-0.05, 0) is 39.7 Å². The van der Waals surface area contributed by atoms with E-state index in [9.17, 15) is 4.79 Å². The molecule has 2 rings (SSSR count). The van der Waals surface area contributed by atoms with Crippen LogP contribution < -0.4 is 10.6 Å². The van der Waals surface area contributed by atoms with Crippen molar-refractivity contribution in [1.82, 2.24) is 10.3 Å². The van der Waals surface area contributed by atoms with Gasteiger partial charge in [0, 0.05) is 4.88 Å². The Labute approximate surface area is 99.5 Å². The van der Waals surface area contributed by atoms with Gasteiger partial charge in [0.2, 0.25) is 5.91 Å². The molecule has 1 heterocycles. The van der Waals surface area contributed by atoms with Gasteiger partial charge in [-0.15, -0.1) is 11.3 Å². The van der Waals surface area contributed by atoms with Crippen molar-refractivity contribution in [1.29, 1.82) is 0 Å². The normalized spacial score (nSPS) is 16.6. The molecule has 1 atom stereocenters. The van der Waals surface area contributed by atoms with E-state index in [-0.39, 0.29) is 11.9 Å². The molecule has 16 heavy (non-hydrogen) atoms. The molecule has 1 aromatic heterocycles. The number of hydrogen-bond donors (Lipinski definition) is 2. The van der Waals surface area contributed by atoms with Crippen molar-refractivity contribution in [3.8, 4) is 0 Å². The Bertz CT molecular complexity index is 365. The Morgan fingerprint density at radius 3 is 2.88 bits per heavy atom. The average Bonchev–Trinajstić information content (AvgIpc) is 2.69. The van der Waals surface area contributed by atoms with Gasteiger partial charge in [0.15, 0.2) is 5.13 Å². The molecule has 88 valence electrons. The molecular weight excluding hydrogens is 222 g/mol. The molecule has 1 unspecified atom stereocenters. The largest absolute Gasteiger partial charge is 0.309 e. The maximum Gasteiger partial charge on any atom is 0.242 e. The molecule has 5 heteroatoms. The lowest BCUT2D eigenvalue weighted by atomic mass is 10.0. The van der Waals surface area contributed by atoms with E-state index in [1.165, 1.54) is 23.4 Å². The third-order valence-corrected chi connectivity index (χ3v) is 3.97. The van der Waals surface area contributed by atoms with E-state index in [1.807, 2.05) is 6.92 Å². The lowest BCUT2D eigenvalue weighted by molar-refractivity contribution is -0.117. The number of likely N-dealkylation sites (N-methyl/N-ethyl adjacent to an activating group) is 1. The number of carbonyl (C=O) groups excluding carboxylic acids is 1. The summed E-state index contributed by atoms with van der Waals surface area (Å²) in [5.41, 5.74) is 1.18. The smallest absolute Gasteiger partial charge is 0.242 e. The maximum atomic E-state index is 11.6. The lowest BCUT2D eigenvalue weighted by Crippen LogP contribution is -2.35. The maximum absolute atomic E-state index is 11.6. The number of nitrogens with zero attached hydrogens (tertiary/aromatic N) is 1. The molecule has 1 aliphatic carbocycles. The standard InChI is InChI=1S/C11H17N3OS/c1-7(12-2)10(15)14-11-13-8-5-3-4-6-9(8)16-11/h7,12H,3-6H2,1-2H3,(H,13,14,15). The van der Waals surface area contributed by atoms with Crippen molar-refractivity contribution in [2.45, 2.75) is 38.6 Å². The third kappa shape index (κ3) is 2.41. The topological polar surface area (TPSA) is 54.0 Å². The number of nitrogens with one attached hydrogen (secondary N) is 2. The van der Waals surface area contributed by atoms with Gasteiger partial charge in [-0.2, -0.15) is 0 Å². The zero-order valence-electron chi connectivity index (χ0n) is 9.67. The second kappa shape index (κ2) is 4.93. The van der Waals surface area contributed by atoms with Crippen molar-refractivity contribution in [3.63, 3.8) is 0 Å². The van der Waals surface area contributed by atoms with Gasteiger partial charge in [0.1, 0.15) is 0 Å². The number of amides is 1. The summed E-state index contributed by atoms with van der Waals surface area (Å²) in [4.78, 5) is 17.5. The first kappa shape index (κ1) is 11.5. The molecule has 1 aromatic rings. The Morgan fingerprint density at radius 2 is 2.19 bits per heavy atom. The molecule has 0 bridgehead atoms. The number of aromatic nitrogens is 1. The minimum Gasteiger partial charge on any atom is -0.309 e. The SMILES string of the molecule is CNC(C)C(=O)Nc1nc2c(s1)CCCC2. The van der Waals surface area contributed by atoms with Crippen LogP contribution in [0.3, 0.4) is 0 Å². The van der Waals surface area contributed by atoms with Gasteiger partial charge < -0.3 is 10.6 Å². The van der Waals surface area contributed by atoms with Crippen LogP contribution in [-0.4, -0.2) is 24.0 Å². The van der Waals surface area contributed by atoms with Gasteiger partial charge >= 0.3 is 0 Å². The fourth-order valence-electron chi connectivity index (χ4n) is 1.75. The van der Waals surface area contributed by atoms with Crippen LogP contribution in [0.2, 0.25) is 0 Å². The first-order valence-corrected chi connectivity index (χ1v) is 6.49. The first-order valence-electron chi connectivity index (χ1n) is 5.67. The number of anilines is 1. The molecule has 0 saturated heterocycles. The van der Waals surface area contributed by atoms with E-state index >= 15 is 0 Å². The number of aryl methyl sites for hydroxylation is 2. The minimum atomic E-state index is -0.180. The van der Waals surface area contributed by atoms with Crippen molar-refractivity contribution in [3.05, 3.63) is 10.6 Å². The predicted molar refractivity (Wildman–Crippen MR) is 65.9 cm³/mol. The Kier molecular flexibility index (Phi) is 3.56. The summed E-state index contributed by atoms with van der Waals surface area (Å²) in [6, 6.07) is -0.180. The van der Waals surface area contributed by atoms with Crippen molar-refractivity contribution < 1.29 is 4.79 Å². The number of fused-ring (bicyclic) bond motifs is 1. The van der Waals surface area contributed by atoms with Gasteiger partial charge in [-0.25, -0.2) is 4.98 Å². The highest BCUT2D eigenvalue weighted by Crippen LogP contribution is 2.29. The van der Waals surface area contributed by atoms with Crippen LogP contribution in [-0.2, 0) is 17.6 Å². The van der Waals surface area contributed by atoms with Gasteiger partial charge in [0.25, 0.3) is 0 Å². The first-order chi connectivity index (χ1) is 7.70. The number of hydrogen-bond acceptors (Lipinski definition) is 4. The molecule has 0 radical (unpaired) electrons. The van der Waals surface area contributed by atoms with Crippen LogP contribution >= 0.6 is 11.3 Å². The summed E-state index contributed by atoms with van der Waals surface area (Å²) in [7, 11) is 1.77. The van der Waals surface area contributed by atoms with Crippen LogP contribution in [0.25, 0.3) is 0 Å². The fourth-order valence-corrected chi connectivity index (χ4v) is 2.80. The summed E-state index contributed by atoms with van der Waals surface area (Å²) in [5.74, 6) is -0.0198. The van der Waals surface area contributed by atoms with E-state index in [0.29, 0.717) is 0 Å². The zero-order chi connectivity index (χ0) is 11.5. The molecule has 0 aliphatic heterocycles. The summed E-state index contributed by atoms with van der Waals surface area (Å²) in [6.07, 6.45) is 4.64. The van der Waals surface area contributed by atoms with Crippen LogP contribution in [0, 0.1) is 0 Å². The van der Waals surface area contributed by atoms with Crippen molar-refractivity contribution in [2.24, 2.45) is 0 Å². The Hall–Kier alpha value is -0.940. The van der Waals surface area contributed by atoms with Crippen LogP contribution in [0.4, 0.5) is 5.13 Å². The second-order valence-electron chi connectivity index (χ2n) is 4.10. The second-order valence-corrected chi connectivity index (χ2v) is 5.18. The van der Waals surface area contributed by atoms with Gasteiger partial charge in [-0.3, -0.25) is 4.79 Å². The third-order valence-electron chi connectivity index (χ3n) is 2.90. The van der Waals surface area contributed by atoms with Crippen LogP contribution in [0.5, 0.6) is 0 Å². The predicted octanol–water partition coefficient (Wildman–Crippen LogP) is 1.57. The number of carbonyl (C=O) groups is 1. The van der Waals surface area contributed by atoms with Crippen LogP contribution in [0.1, 0.15) is 30.3 Å². The lowest BCUT2D eigenvalue weighted by Gasteiger charge is -2.08. The molecule has 0 fully saturated rings. The Balaban J connectivity index is 2.05. The van der Waals surface area contributed by atoms with Crippen molar-refractivity contribution in [2.75, 3.05) is 12.4 Å². The van der Waals surface area contributed by atoms with E-state index in [4.69, 9.17) is 0 Å². The molecule has 4 nitrogen and oxygen atoms in total. The summed E-state index contributed by atoms with van der Waals surface area (Å²) < 4.78 is 0. The number of thiazole rings is 1. The summed E-state index contributed by atoms with van der Waals surface area (Å²) in [6.45, 7) is 1.84. The summed E-state index contributed by atoms with van der Waals surface area (Å²) >= 11 is 1.62. The van der Waals surface area contributed by atoms with Gasteiger partial charge in [0.05, 0.1) is 11.7 Å². The molecule has 2 N–H and O–H groups in total. The highest BCUT2D eigenvalue weighted by atomic mass is 32.1. The molecule has 0 saturated carbocycles. The monoisotopic (exact) mass is 239 g/mol. The Morgan fingerprint density at radius 1 is 1.44 bits per heavy atom. The molecule has 1 amide bonds. The highest BCUT2D eigenvalue weighted by molar-refractivity contribution is 7.15. The number of rotatable bonds is 3. The van der Waals surface area contributed by atoms with Crippen molar-refractivity contribution >= 4 is 22.4 Å². The summed E-state index contributed by atoms with van der Waals surface area (Å²) in [5, 5.41) is 6.52. The minimum absolute atomic E-state index is 0.0198. The van der Waals surface area contributed by atoms with E-state index < -0.39 is 0 Å². The highest BCUT2D eigenvalue weighted by Gasteiger charge is 2.17. The zero-order valence-corrected chi connectivity index (χ0v) is 10.5. The van der Waals surface area contributed by atoms with E-state index in [2.05, 4.69) is 15.6 Å². The molecular formula is C11H17N3OS. The van der Waals surface area contributed by atoms with Gasteiger partial charge in [-0.1, -0.05) is 0 Å². The average molecular weight is 239 g/mol. The van der Waals surface area contributed by atoms with E-state index in [0.717, 1.165) is 18.0 Å².